The van der Waals surface area contributed by atoms with Crippen LogP contribution in [0.15, 0.2) is 72.8 Å². The van der Waals surface area contributed by atoms with Crippen molar-refractivity contribution in [1.82, 2.24) is 20.9 Å². The Bertz CT molecular complexity index is 1600. The lowest BCUT2D eigenvalue weighted by molar-refractivity contribution is 0.107. The van der Waals surface area contributed by atoms with E-state index >= 15 is 0 Å². The van der Waals surface area contributed by atoms with Crippen molar-refractivity contribution in [3.8, 4) is 0 Å². The molecule has 0 radical (unpaired) electrons. The van der Waals surface area contributed by atoms with Gasteiger partial charge in [-0.2, -0.15) is 0 Å². The average Bonchev–Trinajstić information content (AvgIpc) is 3.91. The highest BCUT2D eigenvalue weighted by Gasteiger charge is 2.49. The molecule has 3 N–H and O–H groups in total. The van der Waals surface area contributed by atoms with E-state index in [0.29, 0.717) is 11.8 Å². The number of hydrogen-bond donors (Lipinski definition) is 3. The Hall–Kier alpha value is -2.50. The van der Waals surface area contributed by atoms with Crippen LogP contribution in [0.4, 0.5) is 0 Å². The van der Waals surface area contributed by atoms with Gasteiger partial charge in [0.2, 0.25) is 0 Å². The molecule has 3 aromatic rings. The van der Waals surface area contributed by atoms with Crippen molar-refractivity contribution in [3.05, 3.63) is 106 Å². The van der Waals surface area contributed by atoms with E-state index in [1.54, 1.807) is 27.8 Å². The number of benzene rings is 3. The van der Waals surface area contributed by atoms with E-state index in [0.717, 1.165) is 37.4 Å². The summed E-state index contributed by atoms with van der Waals surface area (Å²) in [6, 6.07) is 28.6. The lowest BCUT2D eigenvalue weighted by Gasteiger charge is -2.48. The molecule has 51 heavy (non-hydrogen) atoms. The highest BCUT2D eigenvalue weighted by atomic mass is 15.1. The van der Waals surface area contributed by atoms with Crippen LogP contribution in [0.2, 0.25) is 0 Å². The third kappa shape index (κ3) is 6.89. The van der Waals surface area contributed by atoms with E-state index in [9.17, 15) is 0 Å². The summed E-state index contributed by atoms with van der Waals surface area (Å²) in [5, 5.41) is 12.2. The Morgan fingerprint density at radius 3 is 2.04 bits per heavy atom. The zero-order chi connectivity index (χ0) is 34.1. The van der Waals surface area contributed by atoms with Gasteiger partial charge in [0.1, 0.15) is 0 Å². The van der Waals surface area contributed by atoms with Crippen molar-refractivity contribution >= 4 is 0 Å². The summed E-state index contributed by atoms with van der Waals surface area (Å²) in [5.74, 6) is 3.81. The molecule has 4 aliphatic heterocycles. The zero-order valence-electron chi connectivity index (χ0n) is 31.3. The van der Waals surface area contributed by atoms with Crippen molar-refractivity contribution in [2.45, 2.75) is 120 Å². The Morgan fingerprint density at radius 1 is 0.588 bits per heavy atom. The van der Waals surface area contributed by atoms with Crippen LogP contribution in [0, 0.1) is 23.7 Å². The van der Waals surface area contributed by atoms with Gasteiger partial charge in [0, 0.05) is 30.7 Å². The van der Waals surface area contributed by atoms with E-state index in [-0.39, 0.29) is 11.1 Å². The molecule has 2 aliphatic carbocycles. The van der Waals surface area contributed by atoms with Crippen LogP contribution in [0.25, 0.3) is 0 Å². The molecule has 4 nitrogen and oxygen atoms in total. The molecule has 0 amide bonds. The Morgan fingerprint density at radius 2 is 1.25 bits per heavy atom. The van der Waals surface area contributed by atoms with Crippen LogP contribution in [0.5, 0.6) is 0 Å². The maximum atomic E-state index is 4.29. The first kappa shape index (κ1) is 34.3. The second-order valence-corrected chi connectivity index (χ2v) is 17.9. The molecule has 4 heteroatoms. The lowest BCUT2D eigenvalue weighted by atomic mass is 9.66. The van der Waals surface area contributed by atoms with E-state index in [1.165, 1.54) is 128 Å². The number of nitrogens with zero attached hydrogens (tertiary/aromatic N) is 1. The molecule has 4 fully saturated rings. The molecule has 4 atom stereocenters. The van der Waals surface area contributed by atoms with Crippen LogP contribution >= 0.6 is 0 Å². The topological polar surface area (TPSA) is 39.3 Å². The fourth-order valence-electron chi connectivity index (χ4n) is 12.5. The fraction of sp³-hybridized carbons (Fsp3) is 0.617. The molecular formula is C47H64N4. The third-order valence-corrected chi connectivity index (χ3v) is 15.1. The number of likely N-dealkylation sites (tertiary alicyclic amines) is 1. The van der Waals surface area contributed by atoms with Gasteiger partial charge in [0.05, 0.1) is 0 Å². The van der Waals surface area contributed by atoms with Crippen molar-refractivity contribution < 1.29 is 0 Å². The number of piperidine rings is 2. The van der Waals surface area contributed by atoms with Gasteiger partial charge in [-0.25, -0.2) is 0 Å². The van der Waals surface area contributed by atoms with Crippen LogP contribution in [-0.2, 0) is 30.5 Å². The first-order valence-corrected chi connectivity index (χ1v) is 21.4. The van der Waals surface area contributed by atoms with Crippen LogP contribution in [0.3, 0.4) is 0 Å². The number of hydrogen-bond acceptors (Lipinski definition) is 4. The summed E-state index contributed by atoms with van der Waals surface area (Å²) >= 11 is 0. The minimum absolute atomic E-state index is 0.137. The van der Waals surface area contributed by atoms with Gasteiger partial charge in [-0.05, 0) is 173 Å². The van der Waals surface area contributed by atoms with Crippen LogP contribution in [0.1, 0.15) is 123 Å². The summed E-state index contributed by atoms with van der Waals surface area (Å²) in [6.07, 6.45) is 20.0. The first-order chi connectivity index (χ1) is 25.2. The van der Waals surface area contributed by atoms with Crippen molar-refractivity contribution in [2.75, 3.05) is 39.3 Å². The highest BCUT2D eigenvalue weighted by molar-refractivity contribution is 5.43. The van der Waals surface area contributed by atoms with Crippen LogP contribution in [-0.4, -0.2) is 44.2 Å². The number of nitrogens with one attached hydrogen (secondary N) is 3. The van der Waals surface area contributed by atoms with Gasteiger partial charge in [-0.15, -0.1) is 0 Å². The highest BCUT2D eigenvalue weighted by Crippen LogP contribution is 2.53. The molecule has 9 rings (SSSR count). The fourth-order valence-corrected chi connectivity index (χ4v) is 12.5. The van der Waals surface area contributed by atoms with Crippen molar-refractivity contribution in [1.29, 1.82) is 0 Å². The molecule has 6 aliphatic rings. The largest absolute Gasteiger partial charge is 0.317 e. The second kappa shape index (κ2) is 15.1. The van der Waals surface area contributed by atoms with E-state index < -0.39 is 0 Å². The zero-order valence-corrected chi connectivity index (χ0v) is 31.3. The minimum Gasteiger partial charge on any atom is -0.317 e. The molecule has 3 aromatic carbocycles. The van der Waals surface area contributed by atoms with Crippen LogP contribution < -0.4 is 16.0 Å². The number of fused-ring (bicyclic) bond motifs is 2. The Balaban J connectivity index is 0.942. The lowest BCUT2D eigenvalue weighted by Crippen LogP contribution is -2.53. The normalized spacial score (nSPS) is 31.1. The smallest absolute Gasteiger partial charge is 0.0468 e. The SMILES string of the molecule is c1ccc(CN2CCC(CC3(C4CCCC4)NCCc4cc(C5CCC(C6(CC7CCNCC7)NCCc7ccccc76)C5)ccc43)CC2)cc1. The van der Waals surface area contributed by atoms with Gasteiger partial charge in [-0.3, -0.25) is 4.90 Å². The molecule has 0 bridgehead atoms. The van der Waals surface area contributed by atoms with Crippen molar-refractivity contribution in [2.24, 2.45) is 23.7 Å². The van der Waals surface area contributed by atoms with E-state index in [4.69, 9.17) is 0 Å². The summed E-state index contributed by atoms with van der Waals surface area (Å²) in [4.78, 5) is 2.70. The second-order valence-electron chi connectivity index (χ2n) is 17.9. The standard InChI is InChI=1S/C47H64N4/c1-2-8-37(9-3-1)34-51-28-22-36(23-29-51)33-46(42-11-5-6-12-42)45-17-15-39(30-41(45)21-27-49-46)40-14-16-43(31-40)47(32-35-18-24-48-25-19-35)44-13-7-4-10-38(44)20-26-50-47/h1-4,7-10,13,15,17,30,35-36,40,42-43,48-50H,5-6,11-12,14,16,18-29,31-34H2. The maximum absolute atomic E-state index is 4.29. The third-order valence-electron chi connectivity index (χ3n) is 15.1. The molecule has 2 saturated carbocycles. The van der Waals surface area contributed by atoms with Gasteiger partial charge in [-0.1, -0.05) is 85.6 Å². The summed E-state index contributed by atoms with van der Waals surface area (Å²) in [7, 11) is 0. The van der Waals surface area contributed by atoms with E-state index in [2.05, 4.69) is 93.6 Å². The minimum atomic E-state index is 0.137. The van der Waals surface area contributed by atoms with Crippen molar-refractivity contribution in [3.63, 3.8) is 0 Å². The first-order valence-electron chi connectivity index (χ1n) is 21.4. The molecule has 272 valence electrons. The molecular weight excluding hydrogens is 621 g/mol. The van der Waals surface area contributed by atoms with Gasteiger partial charge >= 0.3 is 0 Å². The van der Waals surface area contributed by atoms with Gasteiger partial charge in [0.15, 0.2) is 0 Å². The van der Waals surface area contributed by atoms with E-state index in [1.807, 2.05) is 0 Å². The Labute approximate surface area is 309 Å². The summed E-state index contributed by atoms with van der Waals surface area (Å²) in [5.41, 5.74) is 10.0. The average molecular weight is 685 g/mol. The monoisotopic (exact) mass is 685 g/mol. The predicted octanol–water partition coefficient (Wildman–Crippen LogP) is 8.83. The molecule has 4 unspecified atom stereocenters. The van der Waals surface area contributed by atoms with Gasteiger partial charge < -0.3 is 16.0 Å². The summed E-state index contributed by atoms with van der Waals surface area (Å²) in [6.45, 7) is 8.25. The number of rotatable bonds is 9. The van der Waals surface area contributed by atoms with Gasteiger partial charge in [0.25, 0.3) is 0 Å². The Kier molecular flexibility index (Phi) is 10.1. The quantitative estimate of drug-likeness (QED) is 0.211. The molecule has 4 heterocycles. The summed E-state index contributed by atoms with van der Waals surface area (Å²) < 4.78 is 0. The molecule has 0 spiro atoms. The maximum Gasteiger partial charge on any atom is 0.0468 e. The molecule has 2 saturated heterocycles. The molecule has 0 aromatic heterocycles. The predicted molar refractivity (Wildman–Crippen MR) is 211 cm³/mol.